The van der Waals surface area contributed by atoms with Gasteiger partial charge in [0.25, 0.3) is 0 Å². The molecule has 1 aromatic rings. The largest absolute Gasteiger partial charge is 0.331 e. The molecule has 0 aliphatic carbocycles. The van der Waals surface area contributed by atoms with Gasteiger partial charge >= 0.3 is 0 Å². The van der Waals surface area contributed by atoms with E-state index in [1.807, 2.05) is 0 Å². The highest BCUT2D eigenvalue weighted by atomic mass is 15.3. The van der Waals surface area contributed by atoms with Gasteiger partial charge in [-0.15, -0.1) is 0 Å². The summed E-state index contributed by atoms with van der Waals surface area (Å²) < 4.78 is 2.19. The Hall–Kier alpha value is -0.860. The van der Waals surface area contributed by atoms with Gasteiger partial charge in [0.15, 0.2) is 0 Å². The third-order valence-electron chi connectivity index (χ3n) is 5.11. The van der Waals surface area contributed by atoms with E-state index < -0.39 is 0 Å². The Labute approximate surface area is 164 Å². The molecule has 0 saturated carbocycles. The molecule has 0 N–H and O–H groups in total. The van der Waals surface area contributed by atoms with E-state index in [1.165, 1.54) is 88.4 Å². The summed E-state index contributed by atoms with van der Waals surface area (Å²) >= 11 is 0. The SMILES string of the molecule is C[N+](C)(C)CCCCCCc1ccc(CCCCCC[N+](C)(C)C)cc1. The summed E-state index contributed by atoms with van der Waals surface area (Å²) in [6.07, 6.45) is 13.4. The maximum Gasteiger partial charge on any atom is 0.0780 e. The normalized spacial score (nSPS) is 12.5. The van der Waals surface area contributed by atoms with E-state index in [0.29, 0.717) is 0 Å². The van der Waals surface area contributed by atoms with Crippen LogP contribution in [0.25, 0.3) is 0 Å². The maximum atomic E-state index is 2.36. The van der Waals surface area contributed by atoms with Crippen molar-refractivity contribution in [2.24, 2.45) is 0 Å². The molecule has 26 heavy (non-hydrogen) atoms. The van der Waals surface area contributed by atoms with Gasteiger partial charge in [-0.3, -0.25) is 0 Å². The number of quaternary nitrogens is 2. The van der Waals surface area contributed by atoms with Crippen molar-refractivity contribution in [2.45, 2.75) is 64.2 Å². The standard InChI is InChI=1S/C24H46N2/c1-25(2,3)21-13-9-7-11-15-23-17-19-24(20-18-23)16-12-8-10-14-22-26(4,5)6/h17-20H,7-16,21-22H2,1-6H3/q+2. The van der Waals surface area contributed by atoms with Gasteiger partial charge in [0.05, 0.1) is 55.4 Å². The molecule has 0 atom stereocenters. The van der Waals surface area contributed by atoms with Gasteiger partial charge in [-0.2, -0.15) is 0 Å². The van der Waals surface area contributed by atoms with Gasteiger partial charge in [-0.25, -0.2) is 0 Å². The molecule has 2 nitrogen and oxygen atoms in total. The third-order valence-corrected chi connectivity index (χ3v) is 5.11. The lowest BCUT2D eigenvalue weighted by Crippen LogP contribution is -2.35. The van der Waals surface area contributed by atoms with Crippen LogP contribution in [0.5, 0.6) is 0 Å². The number of hydrogen-bond donors (Lipinski definition) is 0. The zero-order chi connectivity index (χ0) is 19.5. The average Bonchev–Trinajstić information content (AvgIpc) is 2.53. The molecule has 0 aliphatic rings. The van der Waals surface area contributed by atoms with Gasteiger partial charge < -0.3 is 8.97 Å². The molecule has 0 heterocycles. The molecule has 0 bridgehead atoms. The smallest absolute Gasteiger partial charge is 0.0780 e. The van der Waals surface area contributed by atoms with E-state index in [0.717, 1.165) is 8.97 Å². The van der Waals surface area contributed by atoms with Crippen LogP contribution in [0.2, 0.25) is 0 Å². The van der Waals surface area contributed by atoms with Crippen LogP contribution < -0.4 is 0 Å². The molecule has 1 aromatic carbocycles. The Morgan fingerprint density at radius 2 is 0.769 bits per heavy atom. The van der Waals surface area contributed by atoms with Crippen LogP contribution in [0.15, 0.2) is 24.3 Å². The zero-order valence-corrected chi connectivity index (χ0v) is 18.7. The number of rotatable bonds is 14. The van der Waals surface area contributed by atoms with E-state index >= 15 is 0 Å². The predicted octanol–water partition coefficient (Wildman–Crippen LogP) is 5.30. The van der Waals surface area contributed by atoms with E-state index in [4.69, 9.17) is 0 Å². The fourth-order valence-corrected chi connectivity index (χ4v) is 3.41. The fourth-order valence-electron chi connectivity index (χ4n) is 3.41. The van der Waals surface area contributed by atoms with Crippen molar-refractivity contribution in [3.8, 4) is 0 Å². The number of aryl methyl sites for hydroxylation is 2. The fraction of sp³-hybridized carbons (Fsp3) is 0.750. The topological polar surface area (TPSA) is 0 Å². The minimum atomic E-state index is 1.09. The highest BCUT2D eigenvalue weighted by Crippen LogP contribution is 2.13. The molecule has 150 valence electrons. The van der Waals surface area contributed by atoms with Gasteiger partial charge in [-0.05, 0) is 62.5 Å². The van der Waals surface area contributed by atoms with Crippen molar-refractivity contribution in [2.75, 3.05) is 55.4 Å². The van der Waals surface area contributed by atoms with E-state index in [1.54, 1.807) is 0 Å². The van der Waals surface area contributed by atoms with Gasteiger partial charge in [-0.1, -0.05) is 37.1 Å². The van der Waals surface area contributed by atoms with E-state index in [2.05, 4.69) is 66.6 Å². The molecule has 0 radical (unpaired) electrons. The van der Waals surface area contributed by atoms with Crippen LogP contribution in [-0.2, 0) is 12.8 Å². The Balaban J connectivity index is 2.08. The molecule has 0 saturated heterocycles. The van der Waals surface area contributed by atoms with Crippen molar-refractivity contribution in [3.63, 3.8) is 0 Å². The van der Waals surface area contributed by atoms with Crippen molar-refractivity contribution in [1.29, 1.82) is 0 Å². The Kier molecular flexibility index (Phi) is 10.5. The summed E-state index contributed by atoms with van der Waals surface area (Å²) in [6, 6.07) is 9.44. The molecular formula is C24H46N2+2. The minimum absolute atomic E-state index is 1.09. The first kappa shape index (κ1) is 23.2. The van der Waals surface area contributed by atoms with Crippen LogP contribution in [-0.4, -0.2) is 64.3 Å². The van der Waals surface area contributed by atoms with Crippen molar-refractivity contribution in [1.82, 2.24) is 0 Å². The predicted molar refractivity (Wildman–Crippen MR) is 117 cm³/mol. The van der Waals surface area contributed by atoms with Gasteiger partial charge in [0.2, 0.25) is 0 Å². The minimum Gasteiger partial charge on any atom is -0.331 e. The van der Waals surface area contributed by atoms with Crippen LogP contribution in [0, 0.1) is 0 Å². The summed E-state index contributed by atoms with van der Waals surface area (Å²) in [5, 5.41) is 0. The van der Waals surface area contributed by atoms with Crippen molar-refractivity contribution < 1.29 is 8.97 Å². The average molecular weight is 363 g/mol. The second-order valence-corrected chi connectivity index (χ2v) is 10.2. The molecule has 2 heteroatoms. The molecular weight excluding hydrogens is 316 g/mol. The van der Waals surface area contributed by atoms with E-state index in [-0.39, 0.29) is 0 Å². The third kappa shape index (κ3) is 13.4. The van der Waals surface area contributed by atoms with Crippen LogP contribution in [0.4, 0.5) is 0 Å². The van der Waals surface area contributed by atoms with Gasteiger partial charge in [0.1, 0.15) is 0 Å². The summed E-state index contributed by atoms with van der Waals surface area (Å²) in [7, 11) is 13.7. The molecule has 0 amide bonds. The monoisotopic (exact) mass is 362 g/mol. The molecule has 0 aromatic heterocycles. The first-order chi connectivity index (χ1) is 12.2. The van der Waals surface area contributed by atoms with Crippen LogP contribution >= 0.6 is 0 Å². The van der Waals surface area contributed by atoms with Gasteiger partial charge in [0, 0.05) is 0 Å². The Morgan fingerprint density at radius 1 is 0.462 bits per heavy atom. The van der Waals surface area contributed by atoms with Crippen molar-refractivity contribution >= 4 is 0 Å². The highest BCUT2D eigenvalue weighted by Gasteiger charge is 2.06. The number of hydrogen-bond acceptors (Lipinski definition) is 0. The number of nitrogens with zero attached hydrogens (tertiary/aromatic N) is 2. The van der Waals surface area contributed by atoms with Crippen LogP contribution in [0.1, 0.15) is 62.5 Å². The Morgan fingerprint density at radius 3 is 1.08 bits per heavy atom. The summed E-state index contributed by atoms with van der Waals surface area (Å²) in [6.45, 7) is 2.59. The highest BCUT2D eigenvalue weighted by molar-refractivity contribution is 5.22. The number of benzene rings is 1. The summed E-state index contributed by atoms with van der Waals surface area (Å²) in [5.41, 5.74) is 3.03. The first-order valence-electron chi connectivity index (χ1n) is 10.8. The maximum absolute atomic E-state index is 2.36. The first-order valence-corrected chi connectivity index (χ1v) is 10.8. The second kappa shape index (κ2) is 11.8. The Bertz CT molecular complexity index is 417. The summed E-state index contributed by atoms with van der Waals surface area (Å²) in [5.74, 6) is 0. The molecule has 0 unspecified atom stereocenters. The molecule has 0 fully saturated rings. The molecule has 0 spiro atoms. The molecule has 1 rings (SSSR count). The quantitative estimate of drug-likeness (QED) is 0.311. The number of unbranched alkanes of at least 4 members (excludes halogenated alkanes) is 6. The lowest BCUT2D eigenvalue weighted by Gasteiger charge is -2.23. The second-order valence-electron chi connectivity index (χ2n) is 10.2. The van der Waals surface area contributed by atoms with E-state index in [9.17, 15) is 0 Å². The molecule has 0 aliphatic heterocycles. The van der Waals surface area contributed by atoms with Crippen LogP contribution in [0.3, 0.4) is 0 Å². The lowest BCUT2D eigenvalue weighted by atomic mass is 10.0. The lowest BCUT2D eigenvalue weighted by molar-refractivity contribution is -0.870. The summed E-state index contributed by atoms with van der Waals surface area (Å²) in [4.78, 5) is 0. The van der Waals surface area contributed by atoms with Crippen molar-refractivity contribution in [3.05, 3.63) is 35.4 Å². The zero-order valence-electron chi connectivity index (χ0n) is 18.7.